The summed E-state index contributed by atoms with van der Waals surface area (Å²) in [7, 11) is 2.15. The molecule has 120 valence electrons. The molecule has 0 aliphatic heterocycles. The van der Waals surface area contributed by atoms with Gasteiger partial charge >= 0.3 is 0 Å². The smallest absolute Gasteiger partial charge is 0.123 e. The van der Waals surface area contributed by atoms with Crippen molar-refractivity contribution in [3.63, 3.8) is 0 Å². The molecule has 1 aromatic carbocycles. The highest BCUT2D eigenvalue weighted by Gasteiger charge is 2.11. The van der Waals surface area contributed by atoms with Gasteiger partial charge in [0, 0.05) is 30.7 Å². The van der Waals surface area contributed by atoms with Gasteiger partial charge in [-0.25, -0.2) is 0 Å². The molecule has 3 nitrogen and oxygen atoms in total. The number of rotatable bonds is 8. The standard InChI is InChI=1S/C18H32N2O/c1-15(2)14-20(6)11-12-21-17-10-8-7-9-16(17)13-19-18(3,4)5/h7-10,15,19H,11-14H2,1-6H3. The summed E-state index contributed by atoms with van der Waals surface area (Å²) >= 11 is 0. The van der Waals surface area contributed by atoms with Gasteiger partial charge < -0.3 is 15.0 Å². The quantitative estimate of drug-likeness (QED) is 0.793. The van der Waals surface area contributed by atoms with Crippen molar-refractivity contribution >= 4 is 0 Å². The van der Waals surface area contributed by atoms with Gasteiger partial charge in [0.1, 0.15) is 12.4 Å². The van der Waals surface area contributed by atoms with E-state index in [2.05, 4.69) is 70.1 Å². The number of ether oxygens (including phenoxy) is 1. The van der Waals surface area contributed by atoms with Gasteiger partial charge in [0.2, 0.25) is 0 Å². The summed E-state index contributed by atoms with van der Waals surface area (Å²) in [5, 5.41) is 3.51. The Labute approximate surface area is 130 Å². The molecule has 0 atom stereocenters. The maximum Gasteiger partial charge on any atom is 0.123 e. The molecule has 0 radical (unpaired) electrons. The first kappa shape index (κ1) is 18.0. The molecule has 1 N–H and O–H groups in total. The third-order valence-corrected chi connectivity index (χ3v) is 3.19. The van der Waals surface area contributed by atoms with Crippen LogP contribution in [0.3, 0.4) is 0 Å². The molecular formula is C18H32N2O. The average molecular weight is 292 g/mol. The Morgan fingerprint density at radius 1 is 1.19 bits per heavy atom. The number of nitrogens with one attached hydrogen (secondary N) is 1. The molecule has 0 saturated heterocycles. The SMILES string of the molecule is CC(C)CN(C)CCOc1ccccc1CNC(C)(C)C. The summed E-state index contributed by atoms with van der Waals surface area (Å²) in [5.41, 5.74) is 1.34. The summed E-state index contributed by atoms with van der Waals surface area (Å²) in [6.07, 6.45) is 0. The fraction of sp³-hybridized carbons (Fsp3) is 0.667. The lowest BCUT2D eigenvalue weighted by atomic mass is 10.1. The molecular weight excluding hydrogens is 260 g/mol. The van der Waals surface area contributed by atoms with Crippen LogP contribution < -0.4 is 10.1 Å². The zero-order valence-electron chi connectivity index (χ0n) is 14.6. The van der Waals surface area contributed by atoms with E-state index in [-0.39, 0.29) is 5.54 Å². The first-order valence-corrected chi connectivity index (χ1v) is 7.92. The van der Waals surface area contributed by atoms with Crippen LogP contribution in [0, 0.1) is 5.92 Å². The van der Waals surface area contributed by atoms with Crippen molar-refractivity contribution in [3.05, 3.63) is 29.8 Å². The van der Waals surface area contributed by atoms with Crippen LogP contribution in [0.25, 0.3) is 0 Å². The van der Waals surface area contributed by atoms with Gasteiger partial charge in [-0.2, -0.15) is 0 Å². The first-order chi connectivity index (χ1) is 9.78. The number of benzene rings is 1. The van der Waals surface area contributed by atoms with Crippen LogP contribution in [0.2, 0.25) is 0 Å². The van der Waals surface area contributed by atoms with Crippen molar-refractivity contribution in [2.75, 3.05) is 26.7 Å². The lowest BCUT2D eigenvalue weighted by Crippen LogP contribution is -2.35. The number of para-hydroxylation sites is 1. The van der Waals surface area contributed by atoms with E-state index in [1.165, 1.54) is 5.56 Å². The molecule has 0 fully saturated rings. The molecule has 0 aromatic heterocycles. The summed E-state index contributed by atoms with van der Waals surface area (Å²) in [4.78, 5) is 2.32. The second-order valence-corrected chi connectivity index (χ2v) is 7.22. The highest BCUT2D eigenvalue weighted by molar-refractivity contribution is 5.33. The minimum absolute atomic E-state index is 0.116. The highest BCUT2D eigenvalue weighted by Crippen LogP contribution is 2.18. The third-order valence-electron chi connectivity index (χ3n) is 3.19. The molecule has 0 saturated carbocycles. The average Bonchev–Trinajstić information content (AvgIpc) is 2.35. The summed E-state index contributed by atoms with van der Waals surface area (Å²) in [6, 6.07) is 8.29. The Kier molecular flexibility index (Phi) is 7.20. The lowest BCUT2D eigenvalue weighted by Gasteiger charge is -2.22. The van der Waals surface area contributed by atoms with Gasteiger partial charge in [-0.05, 0) is 39.8 Å². The van der Waals surface area contributed by atoms with Crippen LogP contribution >= 0.6 is 0 Å². The molecule has 1 aromatic rings. The molecule has 0 aliphatic rings. The first-order valence-electron chi connectivity index (χ1n) is 7.92. The van der Waals surface area contributed by atoms with Gasteiger partial charge in [0.05, 0.1) is 0 Å². The predicted molar refractivity (Wildman–Crippen MR) is 90.9 cm³/mol. The molecule has 0 bridgehead atoms. The molecule has 21 heavy (non-hydrogen) atoms. The summed E-state index contributed by atoms with van der Waals surface area (Å²) < 4.78 is 5.97. The second kappa shape index (κ2) is 8.40. The van der Waals surface area contributed by atoms with E-state index in [0.29, 0.717) is 5.92 Å². The Balaban J connectivity index is 2.47. The zero-order valence-corrected chi connectivity index (χ0v) is 14.6. The summed E-state index contributed by atoms with van der Waals surface area (Å²) in [6.45, 7) is 14.6. The van der Waals surface area contributed by atoms with Crippen LogP contribution in [-0.4, -0.2) is 37.2 Å². The fourth-order valence-corrected chi connectivity index (χ4v) is 2.18. The largest absolute Gasteiger partial charge is 0.492 e. The van der Waals surface area contributed by atoms with Crippen molar-refractivity contribution in [1.29, 1.82) is 0 Å². The molecule has 3 heteroatoms. The molecule has 0 heterocycles. The van der Waals surface area contributed by atoms with E-state index < -0.39 is 0 Å². The predicted octanol–water partition coefficient (Wildman–Crippen LogP) is 3.54. The molecule has 0 unspecified atom stereocenters. The van der Waals surface area contributed by atoms with Crippen LogP contribution in [-0.2, 0) is 6.54 Å². The number of likely N-dealkylation sites (N-methyl/N-ethyl adjacent to an activating group) is 1. The van der Waals surface area contributed by atoms with E-state index in [4.69, 9.17) is 4.74 Å². The normalized spacial score (nSPS) is 12.2. The molecule has 0 spiro atoms. The van der Waals surface area contributed by atoms with E-state index in [0.717, 1.165) is 32.0 Å². The van der Waals surface area contributed by atoms with Crippen molar-refractivity contribution in [2.45, 2.75) is 46.7 Å². The van der Waals surface area contributed by atoms with Crippen LogP contribution in [0.5, 0.6) is 5.75 Å². The van der Waals surface area contributed by atoms with Gasteiger partial charge in [-0.3, -0.25) is 0 Å². The lowest BCUT2D eigenvalue weighted by molar-refractivity contribution is 0.221. The third kappa shape index (κ3) is 8.08. The van der Waals surface area contributed by atoms with Crippen molar-refractivity contribution < 1.29 is 4.74 Å². The molecule has 1 rings (SSSR count). The Morgan fingerprint density at radius 3 is 2.48 bits per heavy atom. The maximum atomic E-state index is 5.97. The van der Waals surface area contributed by atoms with E-state index >= 15 is 0 Å². The van der Waals surface area contributed by atoms with Crippen LogP contribution in [0.15, 0.2) is 24.3 Å². The van der Waals surface area contributed by atoms with Crippen molar-refractivity contribution in [3.8, 4) is 5.75 Å². The van der Waals surface area contributed by atoms with Crippen molar-refractivity contribution in [1.82, 2.24) is 10.2 Å². The maximum absolute atomic E-state index is 5.97. The summed E-state index contributed by atoms with van der Waals surface area (Å²) in [5.74, 6) is 1.69. The Bertz CT molecular complexity index is 410. The van der Waals surface area contributed by atoms with E-state index in [1.54, 1.807) is 0 Å². The second-order valence-electron chi connectivity index (χ2n) is 7.22. The van der Waals surface area contributed by atoms with Gasteiger partial charge in [0.25, 0.3) is 0 Å². The van der Waals surface area contributed by atoms with Crippen molar-refractivity contribution in [2.24, 2.45) is 5.92 Å². The van der Waals surface area contributed by atoms with Crippen LogP contribution in [0.4, 0.5) is 0 Å². The number of nitrogens with zero attached hydrogens (tertiary/aromatic N) is 1. The Morgan fingerprint density at radius 2 is 1.86 bits per heavy atom. The zero-order chi connectivity index (χ0) is 15.9. The van der Waals surface area contributed by atoms with Crippen LogP contribution in [0.1, 0.15) is 40.2 Å². The topological polar surface area (TPSA) is 24.5 Å². The highest BCUT2D eigenvalue weighted by atomic mass is 16.5. The minimum atomic E-state index is 0.116. The van der Waals surface area contributed by atoms with E-state index in [9.17, 15) is 0 Å². The number of hydrogen-bond donors (Lipinski definition) is 1. The minimum Gasteiger partial charge on any atom is -0.492 e. The van der Waals surface area contributed by atoms with E-state index in [1.807, 2.05) is 6.07 Å². The molecule has 0 amide bonds. The van der Waals surface area contributed by atoms with Gasteiger partial charge in [-0.15, -0.1) is 0 Å². The monoisotopic (exact) mass is 292 g/mol. The van der Waals surface area contributed by atoms with Gasteiger partial charge in [-0.1, -0.05) is 32.0 Å². The Hall–Kier alpha value is -1.06. The fourth-order valence-electron chi connectivity index (χ4n) is 2.18. The van der Waals surface area contributed by atoms with Gasteiger partial charge in [0.15, 0.2) is 0 Å². The number of hydrogen-bond acceptors (Lipinski definition) is 3. The molecule has 0 aliphatic carbocycles.